The number of likely N-dealkylation sites (N-methyl/N-ethyl adjacent to an activating group) is 1. The van der Waals surface area contributed by atoms with Crippen LogP contribution in [0.1, 0.15) is 10.6 Å². The Morgan fingerprint density at radius 1 is 1.59 bits per heavy atom. The lowest BCUT2D eigenvalue weighted by Gasteiger charge is -2.34. The van der Waals surface area contributed by atoms with E-state index < -0.39 is 6.04 Å². The highest BCUT2D eigenvalue weighted by molar-refractivity contribution is 5.95. The molecule has 1 aliphatic heterocycles. The van der Waals surface area contributed by atoms with Gasteiger partial charge in [0.05, 0.1) is 6.26 Å². The molecule has 0 aliphatic carbocycles. The Bertz CT molecular complexity index is 402. The van der Waals surface area contributed by atoms with Gasteiger partial charge >= 0.3 is 0 Å². The van der Waals surface area contributed by atoms with Crippen LogP contribution < -0.4 is 10.6 Å². The fraction of sp³-hybridized carbons (Fsp3) is 0.455. The summed E-state index contributed by atoms with van der Waals surface area (Å²) in [4.78, 5) is 25.3. The van der Waals surface area contributed by atoms with E-state index in [0.717, 1.165) is 0 Å². The van der Waals surface area contributed by atoms with E-state index >= 15 is 0 Å². The first kappa shape index (κ1) is 11.7. The van der Waals surface area contributed by atoms with Crippen molar-refractivity contribution in [3.63, 3.8) is 0 Å². The van der Waals surface area contributed by atoms with Crippen molar-refractivity contribution in [1.82, 2.24) is 15.5 Å². The van der Waals surface area contributed by atoms with Crippen LogP contribution in [0, 0.1) is 0 Å². The van der Waals surface area contributed by atoms with Gasteiger partial charge in [-0.25, -0.2) is 0 Å². The van der Waals surface area contributed by atoms with Gasteiger partial charge in [0.25, 0.3) is 5.91 Å². The predicted molar refractivity (Wildman–Crippen MR) is 60.5 cm³/mol. The first-order valence-electron chi connectivity index (χ1n) is 5.51. The van der Waals surface area contributed by atoms with Crippen molar-refractivity contribution in [1.29, 1.82) is 0 Å². The molecule has 0 bridgehead atoms. The molecule has 1 aliphatic rings. The molecule has 2 amide bonds. The van der Waals surface area contributed by atoms with Crippen LogP contribution >= 0.6 is 0 Å². The second-order valence-electron chi connectivity index (χ2n) is 3.81. The van der Waals surface area contributed by atoms with E-state index in [9.17, 15) is 9.59 Å². The molecule has 0 spiro atoms. The van der Waals surface area contributed by atoms with Crippen LogP contribution in [-0.2, 0) is 4.79 Å². The van der Waals surface area contributed by atoms with Crippen LogP contribution in [0.25, 0.3) is 0 Å². The predicted octanol–water partition coefficient (Wildman–Crippen LogP) is -0.560. The van der Waals surface area contributed by atoms with Gasteiger partial charge in [0.2, 0.25) is 5.91 Å². The number of hydrogen-bond donors (Lipinski definition) is 2. The van der Waals surface area contributed by atoms with Crippen LogP contribution in [0.15, 0.2) is 22.8 Å². The van der Waals surface area contributed by atoms with Gasteiger partial charge in [0.15, 0.2) is 5.76 Å². The lowest BCUT2D eigenvalue weighted by atomic mass is 10.1. The maximum atomic E-state index is 12.1. The SMILES string of the molecule is CNC(=O)C1CNCCN1C(=O)c1ccco1. The first-order valence-corrected chi connectivity index (χ1v) is 5.51. The van der Waals surface area contributed by atoms with Gasteiger partial charge in [-0.1, -0.05) is 0 Å². The molecule has 1 aromatic heterocycles. The summed E-state index contributed by atoms with van der Waals surface area (Å²) in [6, 6.07) is 2.78. The number of piperazine rings is 1. The van der Waals surface area contributed by atoms with Gasteiger partial charge in [0.1, 0.15) is 6.04 Å². The van der Waals surface area contributed by atoms with Crippen molar-refractivity contribution < 1.29 is 14.0 Å². The van der Waals surface area contributed by atoms with Gasteiger partial charge in [-0.05, 0) is 12.1 Å². The monoisotopic (exact) mass is 237 g/mol. The minimum atomic E-state index is -0.480. The largest absolute Gasteiger partial charge is 0.459 e. The number of amides is 2. The minimum absolute atomic E-state index is 0.169. The second kappa shape index (κ2) is 5.01. The van der Waals surface area contributed by atoms with Crippen LogP contribution in [0.5, 0.6) is 0 Å². The van der Waals surface area contributed by atoms with Crippen molar-refractivity contribution >= 4 is 11.8 Å². The molecule has 1 aromatic rings. The highest BCUT2D eigenvalue weighted by Crippen LogP contribution is 2.11. The van der Waals surface area contributed by atoms with E-state index in [2.05, 4.69) is 10.6 Å². The van der Waals surface area contributed by atoms with E-state index in [1.54, 1.807) is 19.2 Å². The molecule has 6 heteroatoms. The third-order valence-electron chi connectivity index (χ3n) is 2.79. The molecule has 1 fully saturated rings. The molecule has 17 heavy (non-hydrogen) atoms. The summed E-state index contributed by atoms with van der Waals surface area (Å²) in [5, 5.41) is 5.66. The first-order chi connectivity index (χ1) is 8.24. The quantitative estimate of drug-likeness (QED) is 0.723. The van der Waals surface area contributed by atoms with Gasteiger partial charge in [-0.2, -0.15) is 0 Å². The van der Waals surface area contributed by atoms with E-state index in [1.165, 1.54) is 11.2 Å². The molecular weight excluding hydrogens is 222 g/mol. The normalized spacial score (nSPS) is 20.1. The average Bonchev–Trinajstić information content (AvgIpc) is 2.91. The van der Waals surface area contributed by atoms with E-state index in [-0.39, 0.29) is 17.6 Å². The summed E-state index contributed by atoms with van der Waals surface area (Å²) < 4.78 is 5.07. The van der Waals surface area contributed by atoms with E-state index in [1.807, 2.05) is 0 Å². The summed E-state index contributed by atoms with van der Waals surface area (Å²) in [5.41, 5.74) is 0. The lowest BCUT2D eigenvalue weighted by molar-refractivity contribution is -0.125. The van der Waals surface area contributed by atoms with Crippen LogP contribution in [0.2, 0.25) is 0 Å². The average molecular weight is 237 g/mol. The van der Waals surface area contributed by atoms with Crippen molar-refractivity contribution in [3.8, 4) is 0 Å². The molecule has 1 saturated heterocycles. The molecular formula is C11H15N3O3. The number of furan rings is 1. The summed E-state index contributed by atoms with van der Waals surface area (Å²) in [5.74, 6) is -0.150. The van der Waals surface area contributed by atoms with Crippen molar-refractivity contribution in [2.45, 2.75) is 6.04 Å². The molecule has 6 nitrogen and oxygen atoms in total. The number of carbonyl (C=O) groups is 2. The minimum Gasteiger partial charge on any atom is -0.459 e. The standard InChI is InChI=1S/C11H15N3O3/c1-12-10(15)8-7-13-4-5-14(8)11(16)9-3-2-6-17-9/h2-3,6,8,13H,4-5,7H2,1H3,(H,12,15). The van der Waals surface area contributed by atoms with Crippen LogP contribution in [0.3, 0.4) is 0 Å². The molecule has 0 saturated carbocycles. The summed E-state index contributed by atoms with van der Waals surface area (Å²) >= 11 is 0. The third-order valence-corrected chi connectivity index (χ3v) is 2.79. The molecule has 1 unspecified atom stereocenters. The van der Waals surface area contributed by atoms with E-state index in [4.69, 9.17) is 4.42 Å². The molecule has 1 atom stereocenters. The van der Waals surface area contributed by atoms with Gasteiger partial charge in [-0.3, -0.25) is 9.59 Å². The summed E-state index contributed by atoms with van der Waals surface area (Å²) in [6.07, 6.45) is 1.45. The fourth-order valence-corrected chi connectivity index (χ4v) is 1.89. The fourth-order valence-electron chi connectivity index (χ4n) is 1.89. The Labute approximate surface area is 99.0 Å². The Balaban J connectivity index is 2.16. The van der Waals surface area contributed by atoms with Crippen molar-refractivity contribution in [2.24, 2.45) is 0 Å². The second-order valence-corrected chi connectivity index (χ2v) is 3.81. The third kappa shape index (κ3) is 2.31. The Morgan fingerprint density at radius 2 is 2.41 bits per heavy atom. The van der Waals surface area contributed by atoms with Gasteiger partial charge < -0.3 is 20.0 Å². The molecule has 0 radical (unpaired) electrons. The molecule has 2 N–H and O–H groups in total. The van der Waals surface area contributed by atoms with E-state index in [0.29, 0.717) is 19.6 Å². The number of nitrogens with one attached hydrogen (secondary N) is 2. The Morgan fingerprint density at radius 3 is 3.06 bits per heavy atom. The lowest BCUT2D eigenvalue weighted by Crippen LogP contribution is -2.59. The summed E-state index contributed by atoms with van der Waals surface area (Å²) in [7, 11) is 1.56. The molecule has 2 heterocycles. The smallest absolute Gasteiger partial charge is 0.290 e. The van der Waals surface area contributed by atoms with Gasteiger partial charge in [0, 0.05) is 26.7 Å². The zero-order chi connectivity index (χ0) is 12.3. The molecule has 2 rings (SSSR count). The Kier molecular flexibility index (Phi) is 3.43. The maximum absolute atomic E-state index is 12.1. The Hall–Kier alpha value is -1.82. The number of nitrogens with zero attached hydrogens (tertiary/aromatic N) is 1. The highest BCUT2D eigenvalue weighted by Gasteiger charge is 2.32. The maximum Gasteiger partial charge on any atom is 0.290 e. The number of carbonyl (C=O) groups excluding carboxylic acids is 2. The molecule has 0 aromatic carbocycles. The van der Waals surface area contributed by atoms with Crippen LogP contribution in [-0.4, -0.2) is 49.4 Å². The number of hydrogen-bond acceptors (Lipinski definition) is 4. The summed E-state index contributed by atoms with van der Waals surface area (Å²) in [6.45, 7) is 1.64. The molecule has 92 valence electrons. The van der Waals surface area contributed by atoms with Gasteiger partial charge in [-0.15, -0.1) is 0 Å². The van der Waals surface area contributed by atoms with Crippen molar-refractivity contribution in [2.75, 3.05) is 26.7 Å². The van der Waals surface area contributed by atoms with Crippen LogP contribution in [0.4, 0.5) is 0 Å². The topological polar surface area (TPSA) is 74.6 Å². The highest BCUT2D eigenvalue weighted by atomic mass is 16.3. The number of rotatable bonds is 2. The van der Waals surface area contributed by atoms with Crippen molar-refractivity contribution in [3.05, 3.63) is 24.2 Å². The zero-order valence-electron chi connectivity index (χ0n) is 9.60. The zero-order valence-corrected chi connectivity index (χ0v) is 9.60.